The molecule has 1 saturated heterocycles. The number of hydrogen-bond donors (Lipinski definition) is 1. The van der Waals surface area contributed by atoms with Crippen LogP contribution in [-0.4, -0.2) is 18.8 Å². The zero-order valence-corrected chi connectivity index (χ0v) is 9.07. The van der Waals surface area contributed by atoms with Gasteiger partial charge in [0.2, 0.25) is 0 Å². The van der Waals surface area contributed by atoms with Crippen LogP contribution in [0.5, 0.6) is 0 Å². The van der Waals surface area contributed by atoms with Gasteiger partial charge in [0.05, 0.1) is 0 Å². The molecule has 0 radical (unpaired) electrons. The Morgan fingerprint density at radius 1 is 1.14 bits per heavy atom. The van der Waals surface area contributed by atoms with Gasteiger partial charge in [-0.3, -0.25) is 0 Å². The van der Waals surface area contributed by atoms with Crippen molar-refractivity contribution in [2.45, 2.75) is 23.2 Å². The topological polar surface area (TPSA) is 12.0 Å². The van der Waals surface area contributed by atoms with Crippen molar-refractivity contribution in [3.05, 3.63) is 29.8 Å². The van der Waals surface area contributed by atoms with E-state index >= 15 is 0 Å². The number of thioether (sulfide) groups is 1. The molecule has 1 nitrogen and oxygen atoms in total. The number of nitrogens with one attached hydrogen (secondary N) is 1. The Labute approximate surface area is 89.3 Å². The van der Waals surface area contributed by atoms with Gasteiger partial charge in [-0.25, -0.2) is 0 Å². The third-order valence-electron chi connectivity index (χ3n) is 3.52. The van der Waals surface area contributed by atoms with Crippen molar-refractivity contribution in [1.29, 1.82) is 0 Å². The second-order valence-electron chi connectivity index (χ2n) is 4.32. The number of piperidine rings is 1. The summed E-state index contributed by atoms with van der Waals surface area (Å²) in [6.45, 7) is 2.38. The first kappa shape index (κ1) is 8.81. The number of hydrogen-bond acceptors (Lipinski definition) is 2. The minimum atomic E-state index is 0.506. The number of benzene rings is 1. The third kappa shape index (κ3) is 1.21. The van der Waals surface area contributed by atoms with Gasteiger partial charge in [-0.2, -0.15) is 0 Å². The highest BCUT2D eigenvalue weighted by atomic mass is 32.2. The van der Waals surface area contributed by atoms with Crippen LogP contribution in [-0.2, 0) is 5.41 Å². The second kappa shape index (κ2) is 3.28. The molecule has 2 heterocycles. The summed E-state index contributed by atoms with van der Waals surface area (Å²) in [6, 6.07) is 8.96. The fraction of sp³-hybridized carbons (Fsp3) is 0.500. The van der Waals surface area contributed by atoms with Crippen molar-refractivity contribution in [3.63, 3.8) is 0 Å². The Morgan fingerprint density at radius 2 is 1.93 bits per heavy atom. The van der Waals surface area contributed by atoms with Crippen molar-refractivity contribution in [1.82, 2.24) is 5.32 Å². The van der Waals surface area contributed by atoms with E-state index in [1.165, 1.54) is 36.6 Å². The fourth-order valence-electron chi connectivity index (χ4n) is 2.64. The normalized spacial score (nSPS) is 23.7. The molecule has 1 fully saturated rings. The summed E-state index contributed by atoms with van der Waals surface area (Å²) in [5.74, 6) is 1.30. The van der Waals surface area contributed by atoms with E-state index in [2.05, 4.69) is 29.6 Å². The average molecular weight is 205 g/mol. The van der Waals surface area contributed by atoms with Crippen LogP contribution in [0.25, 0.3) is 0 Å². The van der Waals surface area contributed by atoms with Gasteiger partial charge in [-0.15, -0.1) is 11.8 Å². The third-order valence-corrected chi connectivity index (χ3v) is 4.89. The quantitative estimate of drug-likeness (QED) is 0.698. The summed E-state index contributed by atoms with van der Waals surface area (Å²) in [5, 5.41) is 3.46. The van der Waals surface area contributed by atoms with Gasteiger partial charge in [0.15, 0.2) is 0 Å². The van der Waals surface area contributed by atoms with E-state index in [-0.39, 0.29) is 0 Å². The van der Waals surface area contributed by atoms with Gasteiger partial charge in [0, 0.05) is 16.1 Å². The van der Waals surface area contributed by atoms with Gasteiger partial charge in [0.1, 0.15) is 0 Å². The molecular weight excluding hydrogens is 190 g/mol. The Morgan fingerprint density at radius 3 is 2.79 bits per heavy atom. The lowest BCUT2D eigenvalue weighted by Crippen LogP contribution is -2.39. The molecule has 0 atom stereocenters. The summed E-state index contributed by atoms with van der Waals surface area (Å²) in [7, 11) is 0. The average Bonchev–Trinajstić information content (AvgIpc) is 2.60. The Kier molecular flexibility index (Phi) is 2.06. The van der Waals surface area contributed by atoms with E-state index in [0.717, 1.165) is 0 Å². The fourth-order valence-corrected chi connectivity index (χ4v) is 4.13. The van der Waals surface area contributed by atoms with Gasteiger partial charge < -0.3 is 5.32 Å². The number of fused-ring (bicyclic) bond motifs is 2. The van der Waals surface area contributed by atoms with Crippen LogP contribution in [0.1, 0.15) is 18.4 Å². The first-order valence-electron chi connectivity index (χ1n) is 5.34. The molecule has 3 rings (SSSR count). The molecule has 1 aromatic carbocycles. The van der Waals surface area contributed by atoms with Crippen LogP contribution in [0.4, 0.5) is 0 Å². The molecule has 0 aliphatic carbocycles. The van der Waals surface area contributed by atoms with Crippen LogP contribution >= 0.6 is 11.8 Å². The zero-order chi connectivity index (χ0) is 9.43. The zero-order valence-electron chi connectivity index (χ0n) is 8.25. The van der Waals surface area contributed by atoms with Crippen molar-refractivity contribution >= 4 is 11.8 Å². The molecular formula is C12H15NS. The predicted octanol–water partition coefficient (Wildman–Crippen LogP) is 2.41. The first-order valence-corrected chi connectivity index (χ1v) is 6.32. The van der Waals surface area contributed by atoms with Crippen molar-refractivity contribution in [2.75, 3.05) is 18.8 Å². The van der Waals surface area contributed by atoms with Gasteiger partial charge in [0.25, 0.3) is 0 Å². The van der Waals surface area contributed by atoms with E-state index in [1.807, 2.05) is 11.8 Å². The SMILES string of the molecule is c1ccc2c(c1)SCC21CCNCC1. The molecule has 1 N–H and O–H groups in total. The summed E-state index contributed by atoms with van der Waals surface area (Å²) in [5.41, 5.74) is 2.12. The van der Waals surface area contributed by atoms with E-state index < -0.39 is 0 Å². The monoisotopic (exact) mass is 205 g/mol. The van der Waals surface area contributed by atoms with E-state index in [0.29, 0.717) is 5.41 Å². The lowest BCUT2D eigenvalue weighted by atomic mass is 9.75. The van der Waals surface area contributed by atoms with Crippen LogP contribution in [0.15, 0.2) is 29.2 Å². The van der Waals surface area contributed by atoms with Crippen LogP contribution in [0, 0.1) is 0 Å². The maximum atomic E-state index is 3.46. The van der Waals surface area contributed by atoms with Crippen LogP contribution < -0.4 is 5.32 Å². The highest BCUT2D eigenvalue weighted by Gasteiger charge is 2.39. The molecule has 2 heteroatoms. The predicted molar refractivity (Wildman–Crippen MR) is 60.9 cm³/mol. The maximum Gasteiger partial charge on any atom is 0.0110 e. The Balaban J connectivity index is 2.03. The number of rotatable bonds is 0. The lowest BCUT2D eigenvalue weighted by Gasteiger charge is -2.34. The van der Waals surface area contributed by atoms with E-state index in [9.17, 15) is 0 Å². The van der Waals surface area contributed by atoms with Gasteiger partial charge >= 0.3 is 0 Å². The minimum absolute atomic E-state index is 0.506. The Bertz CT molecular complexity index is 336. The van der Waals surface area contributed by atoms with Gasteiger partial charge in [-0.1, -0.05) is 18.2 Å². The van der Waals surface area contributed by atoms with Crippen molar-refractivity contribution in [3.8, 4) is 0 Å². The highest BCUT2D eigenvalue weighted by Crippen LogP contribution is 2.48. The molecule has 0 bridgehead atoms. The lowest BCUT2D eigenvalue weighted by molar-refractivity contribution is 0.343. The molecule has 0 aromatic heterocycles. The minimum Gasteiger partial charge on any atom is -0.317 e. The standard InChI is InChI=1S/C12H15NS/c1-2-4-11-10(3-1)12(9-14-11)5-7-13-8-6-12/h1-4,13H,5-9H2. The van der Waals surface area contributed by atoms with Crippen LogP contribution in [0.2, 0.25) is 0 Å². The van der Waals surface area contributed by atoms with E-state index in [4.69, 9.17) is 0 Å². The molecule has 0 saturated carbocycles. The second-order valence-corrected chi connectivity index (χ2v) is 5.33. The van der Waals surface area contributed by atoms with Crippen molar-refractivity contribution in [2.24, 2.45) is 0 Å². The summed E-state index contributed by atoms with van der Waals surface area (Å²) >= 11 is 2.05. The molecule has 2 aliphatic heterocycles. The van der Waals surface area contributed by atoms with Crippen LogP contribution in [0.3, 0.4) is 0 Å². The molecule has 1 spiro atoms. The Hall–Kier alpha value is -0.470. The largest absolute Gasteiger partial charge is 0.317 e. The molecule has 1 aromatic rings. The molecule has 0 unspecified atom stereocenters. The summed E-state index contributed by atoms with van der Waals surface area (Å²) in [6.07, 6.45) is 2.63. The highest BCUT2D eigenvalue weighted by molar-refractivity contribution is 7.99. The first-order chi connectivity index (χ1) is 6.91. The van der Waals surface area contributed by atoms with E-state index in [1.54, 1.807) is 5.56 Å². The molecule has 74 valence electrons. The molecule has 14 heavy (non-hydrogen) atoms. The molecule has 0 amide bonds. The maximum absolute atomic E-state index is 3.46. The smallest absolute Gasteiger partial charge is 0.0110 e. The molecule has 2 aliphatic rings. The van der Waals surface area contributed by atoms with Crippen molar-refractivity contribution < 1.29 is 0 Å². The summed E-state index contributed by atoms with van der Waals surface area (Å²) in [4.78, 5) is 1.52. The van der Waals surface area contributed by atoms with Gasteiger partial charge in [-0.05, 0) is 37.6 Å². The summed E-state index contributed by atoms with van der Waals surface area (Å²) < 4.78 is 0.